The van der Waals surface area contributed by atoms with Crippen LogP contribution in [0.25, 0.3) is 20.3 Å². The molecule has 80 valence electrons. The number of carbonyl (C=O) groups is 1. The molecule has 16 heavy (non-hydrogen) atoms. The van der Waals surface area contributed by atoms with Crippen LogP contribution in [0.1, 0.15) is 10.5 Å². The summed E-state index contributed by atoms with van der Waals surface area (Å²) < 4.78 is 3.15. The van der Waals surface area contributed by atoms with Crippen LogP contribution in [-0.2, 0) is 0 Å². The molecule has 3 aromatic rings. The van der Waals surface area contributed by atoms with Crippen molar-refractivity contribution in [2.75, 3.05) is 0 Å². The topological polar surface area (TPSA) is 53.1 Å². The predicted molar refractivity (Wildman–Crippen MR) is 68.3 cm³/mol. The Morgan fingerprint density at radius 2 is 2.12 bits per heavy atom. The number of halogens is 1. The first-order valence-corrected chi connectivity index (χ1v) is 6.20. The normalized spacial score (nSPS) is 11.3. The number of rotatable bonds is 1. The van der Waals surface area contributed by atoms with Gasteiger partial charge < -0.3 is 10.1 Å². The molecule has 0 spiro atoms. The smallest absolute Gasteiger partial charge is 0.352 e. The fourth-order valence-electron chi connectivity index (χ4n) is 1.74. The lowest BCUT2D eigenvalue weighted by Gasteiger charge is -1.91. The number of benzene rings is 1. The van der Waals surface area contributed by atoms with E-state index >= 15 is 0 Å². The first kappa shape index (κ1) is 9.86. The lowest BCUT2D eigenvalue weighted by molar-refractivity contribution is 0.0691. The fraction of sp³-hybridized carbons (Fsp3) is 0. The Kier molecular flexibility index (Phi) is 2.05. The molecule has 0 atom stereocenters. The highest BCUT2D eigenvalue weighted by Crippen LogP contribution is 2.35. The van der Waals surface area contributed by atoms with Crippen LogP contribution in [0.4, 0.5) is 0 Å². The summed E-state index contributed by atoms with van der Waals surface area (Å²) in [4.78, 5) is 13.8. The van der Waals surface area contributed by atoms with Gasteiger partial charge in [0.05, 0.1) is 10.2 Å². The van der Waals surface area contributed by atoms with Crippen LogP contribution < -0.4 is 0 Å². The number of aromatic carboxylic acids is 1. The van der Waals surface area contributed by atoms with E-state index in [4.69, 9.17) is 5.11 Å². The van der Waals surface area contributed by atoms with E-state index in [0.717, 1.165) is 24.8 Å². The van der Waals surface area contributed by atoms with Crippen molar-refractivity contribution in [3.8, 4) is 0 Å². The Morgan fingerprint density at radius 3 is 2.88 bits per heavy atom. The molecule has 0 aliphatic heterocycles. The molecule has 0 saturated carbocycles. The number of hydrogen-bond acceptors (Lipinski definition) is 2. The summed E-state index contributed by atoms with van der Waals surface area (Å²) in [5, 5.41) is 9.95. The SMILES string of the molecule is O=C(O)c1cc2sc3cc(Br)ccc3c2[nH]1. The van der Waals surface area contributed by atoms with Gasteiger partial charge in [-0.2, -0.15) is 0 Å². The maximum Gasteiger partial charge on any atom is 0.352 e. The van der Waals surface area contributed by atoms with Crippen LogP contribution in [0, 0.1) is 0 Å². The molecule has 2 aromatic heterocycles. The van der Waals surface area contributed by atoms with Gasteiger partial charge in [0.25, 0.3) is 0 Å². The van der Waals surface area contributed by atoms with Crippen molar-refractivity contribution >= 4 is 53.5 Å². The van der Waals surface area contributed by atoms with E-state index in [1.54, 1.807) is 17.4 Å². The first-order chi connectivity index (χ1) is 7.65. The van der Waals surface area contributed by atoms with E-state index in [1.165, 1.54) is 0 Å². The van der Waals surface area contributed by atoms with Gasteiger partial charge in [0.15, 0.2) is 0 Å². The van der Waals surface area contributed by atoms with Gasteiger partial charge in [0.1, 0.15) is 5.69 Å². The number of nitrogens with one attached hydrogen (secondary N) is 1. The quantitative estimate of drug-likeness (QED) is 0.716. The summed E-state index contributed by atoms with van der Waals surface area (Å²) in [6.45, 7) is 0. The summed E-state index contributed by atoms with van der Waals surface area (Å²) in [6, 6.07) is 7.65. The molecule has 0 saturated heterocycles. The van der Waals surface area contributed by atoms with E-state index in [0.29, 0.717) is 0 Å². The number of thiophene rings is 1. The Hall–Kier alpha value is -1.33. The minimum Gasteiger partial charge on any atom is -0.477 e. The average molecular weight is 296 g/mol. The van der Waals surface area contributed by atoms with Crippen molar-refractivity contribution in [1.29, 1.82) is 0 Å². The van der Waals surface area contributed by atoms with Crippen molar-refractivity contribution < 1.29 is 9.90 Å². The molecule has 0 radical (unpaired) electrons. The third kappa shape index (κ3) is 1.36. The molecule has 0 fully saturated rings. The van der Waals surface area contributed by atoms with E-state index in [-0.39, 0.29) is 5.69 Å². The molecule has 3 nitrogen and oxygen atoms in total. The second-order valence-electron chi connectivity index (χ2n) is 3.47. The maximum absolute atomic E-state index is 10.8. The van der Waals surface area contributed by atoms with Gasteiger partial charge in [-0.25, -0.2) is 4.79 Å². The van der Waals surface area contributed by atoms with Gasteiger partial charge in [-0.1, -0.05) is 22.0 Å². The fourth-order valence-corrected chi connectivity index (χ4v) is 3.39. The number of fused-ring (bicyclic) bond motifs is 3. The first-order valence-electron chi connectivity index (χ1n) is 4.59. The van der Waals surface area contributed by atoms with Gasteiger partial charge >= 0.3 is 5.97 Å². The molecular formula is C11H6BrNO2S. The summed E-state index contributed by atoms with van der Waals surface area (Å²) >= 11 is 5.01. The second kappa shape index (κ2) is 3.33. The monoisotopic (exact) mass is 295 g/mol. The Bertz CT molecular complexity index is 713. The third-order valence-electron chi connectivity index (χ3n) is 2.44. The minimum atomic E-state index is -0.923. The number of aromatic nitrogens is 1. The number of carboxylic acids is 1. The molecule has 0 bridgehead atoms. The highest BCUT2D eigenvalue weighted by atomic mass is 79.9. The van der Waals surface area contributed by atoms with Crippen LogP contribution in [0.3, 0.4) is 0 Å². The second-order valence-corrected chi connectivity index (χ2v) is 5.47. The van der Waals surface area contributed by atoms with E-state index < -0.39 is 5.97 Å². The zero-order chi connectivity index (χ0) is 11.3. The van der Waals surface area contributed by atoms with Crippen molar-refractivity contribution in [2.24, 2.45) is 0 Å². The summed E-state index contributed by atoms with van der Waals surface area (Å²) in [6.07, 6.45) is 0. The number of carboxylic acid groups (broad SMARTS) is 1. The molecule has 1 aromatic carbocycles. The summed E-state index contributed by atoms with van der Waals surface area (Å²) in [7, 11) is 0. The van der Waals surface area contributed by atoms with Crippen molar-refractivity contribution in [3.63, 3.8) is 0 Å². The van der Waals surface area contributed by atoms with E-state index in [2.05, 4.69) is 20.9 Å². The molecule has 0 amide bonds. The van der Waals surface area contributed by atoms with Crippen LogP contribution in [0.2, 0.25) is 0 Å². The molecular weight excluding hydrogens is 290 g/mol. The van der Waals surface area contributed by atoms with E-state index in [1.807, 2.05) is 18.2 Å². The third-order valence-corrected chi connectivity index (χ3v) is 4.04. The largest absolute Gasteiger partial charge is 0.477 e. The van der Waals surface area contributed by atoms with Gasteiger partial charge in [-0.15, -0.1) is 11.3 Å². The maximum atomic E-state index is 10.8. The lowest BCUT2D eigenvalue weighted by atomic mass is 10.2. The highest BCUT2D eigenvalue weighted by Gasteiger charge is 2.12. The lowest BCUT2D eigenvalue weighted by Crippen LogP contribution is -1.94. The number of hydrogen-bond donors (Lipinski definition) is 2. The Morgan fingerprint density at radius 1 is 1.31 bits per heavy atom. The highest BCUT2D eigenvalue weighted by molar-refractivity contribution is 9.10. The van der Waals surface area contributed by atoms with Gasteiger partial charge in [0.2, 0.25) is 0 Å². The van der Waals surface area contributed by atoms with Crippen LogP contribution in [-0.4, -0.2) is 16.1 Å². The Balaban J connectivity index is 2.38. The molecule has 5 heteroatoms. The Labute approximate surface area is 103 Å². The number of aromatic amines is 1. The summed E-state index contributed by atoms with van der Waals surface area (Å²) in [5.41, 5.74) is 1.15. The van der Waals surface area contributed by atoms with Crippen LogP contribution in [0.5, 0.6) is 0 Å². The molecule has 0 unspecified atom stereocenters. The average Bonchev–Trinajstić information content (AvgIpc) is 2.73. The molecule has 3 rings (SSSR count). The van der Waals surface area contributed by atoms with Crippen molar-refractivity contribution in [3.05, 3.63) is 34.4 Å². The molecule has 2 heterocycles. The van der Waals surface area contributed by atoms with Crippen molar-refractivity contribution in [2.45, 2.75) is 0 Å². The standard InChI is InChI=1S/C11H6BrNO2S/c12-5-1-2-6-8(3-5)16-9-4-7(11(14)15)13-10(6)9/h1-4,13H,(H,14,15). The zero-order valence-electron chi connectivity index (χ0n) is 7.95. The van der Waals surface area contributed by atoms with Crippen LogP contribution >= 0.6 is 27.3 Å². The summed E-state index contributed by atoms with van der Waals surface area (Å²) in [5.74, 6) is -0.923. The number of H-pyrrole nitrogens is 1. The minimum absolute atomic E-state index is 0.242. The van der Waals surface area contributed by atoms with Gasteiger partial charge in [0, 0.05) is 14.6 Å². The molecule has 0 aliphatic rings. The van der Waals surface area contributed by atoms with E-state index in [9.17, 15) is 4.79 Å². The molecule has 2 N–H and O–H groups in total. The van der Waals surface area contributed by atoms with Crippen molar-refractivity contribution in [1.82, 2.24) is 4.98 Å². The predicted octanol–water partition coefficient (Wildman–Crippen LogP) is 3.84. The zero-order valence-corrected chi connectivity index (χ0v) is 10.4. The van der Waals surface area contributed by atoms with Crippen LogP contribution in [0.15, 0.2) is 28.7 Å². The van der Waals surface area contributed by atoms with Gasteiger partial charge in [-0.3, -0.25) is 0 Å². The van der Waals surface area contributed by atoms with Gasteiger partial charge in [-0.05, 0) is 18.2 Å². The molecule has 0 aliphatic carbocycles.